The maximum Gasteiger partial charge on any atom is 0.273 e. The van der Waals surface area contributed by atoms with Gasteiger partial charge in [0, 0.05) is 17.6 Å². The van der Waals surface area contributed by atoms with Gasteiger partial charge < -0.3 is 10.5 Å². The Labute approximate surface area is 107 Å². The van der Waals surface area contributed by atoms with Crippen LogP contribution >= 0.6 is 11.5 Å². The topological polar surface area (TPSA) is 104 Å². The summed E-state index contributed by atoms with van der Waals surface area (Å²) in [7, 11) is 0. The zero-order valence-electron chi connectivity index (χ0n) is 9.49. The number of benzene rings is 1. The molecule has 2 N–H and O–H groups in total. The van der Waals surface area contributed by atoms with Crippen LogP contribution < -0.4 is 10.5 Å². The number of nitrogens with zero attached hydrogens (tertiary/aromatic N) is 3. The molecule has 0 saturated carbocycles. The molecule has 1 aromatic heterocycles. The molecule has 0 amide bonds. The van der Waals surface area contributed by atoms with Crippen molar-refractivity contribution in [2.24, 2.45) is 0 Å². The first-order valence-electron chi connectivity index (χ1n) is 5.02. The molecule has 0 atom stereocenters. The number of anilines is 1. The molecule has 18 heavy (non-hydrogen) atoms. The molecule has 0 bridgehead atoms. The average Bonchev–Trinajstić information content (AvgIpc) is 2.73. The summed E-state index contributed by atoms with van der Waals surface area (Å²) in [5.41, 5.74) is 6.95. The van der Waals surface area contributed by atoms with Gasteiger partial charge in [-0.2, -0.15) is 0 Å². The van der Waals surface area contributed by atoms with Crippen LogP contribution in [0.25, 0.3) is 0 Å². The summed E-state index contributed by atoms with van der Waals surface area (Å²) in [6.07, 6.45) is 0. The number of hydrogen-bond acceptors (Lipinski definition) is 7. The van der Waals surface area contributed by atoms with Gasteiger partial charge in [0.2, 0.25) is 0 Å². The Hall–Kier alpha value is -2.22. The Kier molecular flexibility index (Phi) is 3.38. The van der Waals surface area contributed by atoms with Crippen LogP contribution in [0.2, 0.25) is 0 Å². The van der Waals surface area contributed by atoms with E-state index < -0.39 is 4.92 Å². The number of non-ortho nitro benzene ring substituents is 1. The van der Waals surface area contributed by atoms with Crippen LogP contribution in [0.15, 0.2) is 18.2 Å². The molecule has 0 unspecified atom stereocenters. The van der Waals surface area contributed by atoms with Gasteiger partial charge in [-0.3, -0.25) is 10.1 Å². The lowest BCUT2D eigenvalue weighted by molar-refractivity contribution is -0.385. The van der Waals surface area contributed by atoms with Crippen LogP contribution in [0.5, 0.6) is 5.75 Å². The number of rotatable bonds is 4. The van der Waals surface area contributed by atoms with Gasteiger partial charge in [0.15, 0.2) is 0 Å². The van der Waals surface area contributed by atoms with Gasteiger partial charge in [0.05, 0.1) is 11.0 Å². The van der Waals surface area contributed by atoms with E-state index in [-0.39, 0.29) is 12.3 Å². The van der Waals surface area contributed by atoms with E-state index >= 15 is 0 Å². The maximum atomic E-state index is 10.7. The zero-order chi connectivity index (χ0) is 13.1. The molecule has 0 aliphatic heterocycles. The van der Waals surface area contributed by atoms with Crippen molar-refractivity contribution in [2.45, 2.75) is 13.5 Å². The zero-order valence-corrected chi connectivity index (χ0v) is 10.3. The van der Waals surface area contributed by atoms with E-state index in [9.17, 15) is 10.1 Å². The second-order valence-electron chi connectivity index (χ2n) is 3.58. The minimum Gasteiger partial charge on any atom is -0.487 e. The highest BCUT2D eigenvalue weighted by atomic mass is 32.1. The van der Waals surface area contributed by atoms with E-state index in [0.29, 0.717) is 16.4 Å². The smallest absolute Gasteiger partial charge is 0.273 e. The predicted molar refractivity (Wildman–Crippen MR) is 66.5 cm³/mol. The van der Waals surface area contributed by atoms with Crippen molar-refractivity contribution in [1.29, 1.82) is 0 Å². The van der Waals surface area contributed by atoms with Crippen LogP contribution in [0.4, 0.5) is 10.7 Å². The van der Waals surface area contributed by atoms with Crippen molar-refractivity contribution >= 4 is 22.2 Å². The van der Waals surface area contributed by atoms with Gasteiger partial charge in [-0.1, -0.05) is 4.49 Å². The average molecular weight is 266 g/mol. The number of nitrogen functional groups attached to an aromatic ring is 1. The highest BCUT2D eigenvalue weighted by molar-refractivity contribution is 7.09. The number of aromatic nitrogens is 2. The summed E-state index contributed by atoms with van der Waals surface area (Å²) in [6.45, 7) is 1.95. The Morgan fingerprint density at radius 2 is 2.33 bits per heavy atom. The Morgan fingerprint density at radius 3 is 2.94 bits per heavy atom. The van der Waals surface area contributed by atoms with Crippen LogP contribution in [-0.2, 0) is 6.61 Å². The van der Waals surface area contributed by atoms with Crippen molar-refractivity contribution in [3.8, 4) is 5.75 Å². The number of aryl methyl sites for hydroxylation is 1. The molecule has 2 rings (SSSR count). The molecular weight excluding hydrogens is 256 g/mol. The van der Waals surface area contributed by atoms with Gasteiger partial charge in [0.1, 0.15) is 23.1 Å². The predicted octanol–water partition coefficient (Wildman–Crippen LogP) is 1.92. The van der Waals surface area contributed by atoms with Crippen LogP contribution in [-0.4, -0.2) is 14.5 Å². The molecule has 0 radical (unpaired) electrons. The number of hydrogen-bond donors (Lipinski definition) is 1. The van der Waals surface area contributed by atoms with Crippen molar-refractivity contribution in [3.05, 3.63) is 39.6 Å². The third-order valence-corrected chi connectivity index (χ3v) is 2.93. The SMILES string of the molecule is Cc1ccc([N+](=O)[O-])cc1OCc1nnsc1N. The molecule has 8 heteroatoms. The lowest BCUT2D eigenvalue weighted by Crippen LogP contribution is -2.01. The summed E-state index contributed by atoms with van der Waals surface area (Å²) in [5, 5.41) is 14.9. The maximum absolute atomic E-state index is 10.7. The highest BCUT2D eigenvalue weighted by Gasteiger charge is 2.11. The molecule has 0 aliphatic rings. The molecule has 2 aromatic rings. The number of ether oxygens (including phenoxy) is 1. The molecular formula is C10H10N4O3S. The molecule has 7 nitrogen and oxygen atoms in total. The van der Waals surface area contributed by atoms with Crippen LogP contribution in [0.1, 0.15) is 11.3 Å². The van der Waals surface area contributed by atoms with Gasteiger partial charge in [0.25, 0.3) is 5.69 Å². The fraction of sp³-hybridized carbons (Fsp3) is 0.200. The first-order valence-corrected chi connectivity index (χ1v) is 5.80. The summed E-state index contributed by atoms with van der Waals surface area (Å²) >= 11 is 1.08. The van der Waals surface area contributed by atoms with Gasteiger partial charge in [-0.15, -0.1) is 5.10 Å². The van der Waals surface area contributed by atoms with E-state index in [1.54, 1.807) is 6.07 Å². The largest absolute Gasteiger partial charge is 0.487 e. The molecule has 94 valence electrons. The fourth-order valence-electron chi connectivity index (χ4n) is 1.32. The molecule has 1 heterocycles. The van der Waals surface area contributed by atoms with E-state index in [0.717, 1.165) is 17.1 Å². The van der Waals surface area contributed by atoms with Crippen molar-refractivity contribution in [1.82, 2.24) is 9.59 Å². The van der Waals surface area contributed by atoms with Crippen molar-refractivity contribution < 1.29 is 9.66 Å². The number of nitro benzene ring substituents is 1. The van der Waals surface area contributed by atoms with E-state index in [2.05, 4.69) is 9.59 Å². The lowest BCUT2D eigenvalue weighted by atomic mass is 10.2. The van der Waals surface area contributed by atoms with E-state index in [1.165, 1.54) is 12.1 Å². The van der Waals surface area contributed by atoms with Crippen molar-refractivity contribution in [2.75, 3.05) is 5.73 Å². The second kappa shape index (κ2) is 4.96. The molecule has 0 aliphatic carbocycles. The number of nitrogens with two attached hydrogens (primary N) is 1. The quantitative estimate of drug-likeness (QED) is 0.669. The first kappa shape index (κ1) is 12.2. The van der Waals surface area contributed by atoms with Gasteiger partial charge >= 0.3 is 0 Å². The second-order valence-corrected chi connectivity index (χ2v) is 4.37. The summed E-state index contributed by atoms with van der Waals surface area (Å²) in [5.74, 6) is 0.441. The third kappa shape index (κ3) is 2.54. The number of nitro groups is 1. The van der Waals surface area contributed by atoms with Crippen LogP contribution in [0.3, 0.4) is 0 Å². The summed E-state index contributed by atoms with van der Waals surface area (Å²) in [4.78, 5) is 10.2. The third-order valence-electron chi connectivity index (χ3n) is 2.33. The highest BCUT2D eigenvalue weighted by Crippen LogP contribution is 2.25. The van der Waals surface area contributed by atoms with Crippen molar-refractivity contribution in [3.63, 3.8) is 0 Å². The first-order chi connectivity index (χ1) is 8.58. The Bertz CT molecular complexity index is 584. The molecule has 0 spiro atoms. The normalized spacial score (nSPS) is 10.3. The minimum atomic E-state index is -0.467. The summed E-state index contributed by atoms with van der Waals surface area (Å²) < 4.78 is 9.15. The monoisotopic (exact) mass is 266 g/mol. The van der Waals surface area contributed by atoms with E-state index in [4.69, 9.17) is 10.5 Å². The van der Waals surface area contributed by atoms with E-state index in [1.807, 2.05) is 6.92 Å². The standard InChI is InChI=1S/C10H10N4O3S/c1-6-2-3-7(14(15)16)4-9(6)17-5-8-10(11)18-13-12-8/h2-4H,5,11H2,1H3. The lowest BCUT2D eigenvalue weighted by Gasteiger charge is -2.07. The molecule has 0 saturated heterocycles. The van der Waals surface area contributed by atoms with Gasteiger partial charge in [-0.25, -0.2) is 0 Å². The minimum absolute atomic E-state index is 0.0139. The fourth-order valence-corrected chi connectivity index (χ4v) is 1.75. The molecule has 1 aromatic carbocycles. The van der Waals surface area contributed by atoms with Gasteiger partial charge in [-0.05, 0) is 18.6 Å². The Morgan fingerprint density at radius 1 is 1.56 bits per heavy atom. The van der Waals surface area contributed by atoms with Crippen LogP contribution in [0, 0.1) is 17.0 Å². The molecule has 0 fully saturated rings. The summed E-state index contributed by atoms with van der Waals surface area (Å²) in [6, 6.07) is 4.45. The Balaban J connectivity index is 2.16.